The summed E-state index contributed by atoms with van der Waals surface area (Å²) < 4.78 is 0. The van der Waals surface area contributed by atoms with Crippen LogP contribution < -0.4 is 5.32 Å². The zero-order chi connectivity index (χ0) is 16.8. The number of carbonyl (C=O) groups is 2. The van der Waals surface area contributed by atoms with Gasteiger partial charge in [0.25, 0.3) is 0 Å². The Bertz CT molecular complexity index is 656. The minimum atomic E-state index is -0.358. The average molecular weight is 351 g/mol. The monoisotopic (exact) mass is 350 g/mol. The van der Waals surface area contributed by atoms with E-state index in [0.29, 0.717) is 11.6 Å². The molecule has 0 radical (unpaired) electrons. The topological polar surface area (TPSA) is 49.4 Å². The zero-order valence-corrected chi connectivity index (χ0v) is 14.7. The van der Waals surface area contributed by atoms with Gasteiger partial charge >= 0.3 is 0 Å². The molecule has 0 aliphatic heterocycles. The summed E-state index contributed by atoms with van der Waals surface area (Å²) in [6.07, 6.45) is 0.211. The van der Waals surface area contributed by atoms with Gasteiger partial charge in [0.1, 0.15) is 0 Å². The summed E-state index contributed by atoms with van der Waals surface area (Å²) in [4.78, 5) is 26.7. The van der Waals surface area contributed by atoms with Crippen LogP contribution in [0.3, 0.4) is 0 Å². The normalized spacial score (nSPS) is 11.8. The van der Waals surface area contributed by atoms with Crippen LogP contribution in [0.1, 0.15) is 29.8 Å². The molecule has 122 valence electrons. The Hall–Kier alpha value is -1.85. The Morgan fingerprint density at radius 1 is 1.26 bits per heavy atom. The Morgan fingerprint density at radius 2 is 1.96 bits per heavy atom. The van der Waals surface area contributed by atoms with Crippen LogP contribution in [0, 0.1) is 0 Å². The highest BCUT2D eigenvalue weighted by Gasteiger charge is 2.19. The summed E-state index contributed by atoms with van der Waals surface area (Å²) in [5.41, 5.74) is 0.863. The van der Waals surface area contributed by atoms with Crippen molar-refractivity contribution in [2.75, 3.05) is 7.05 Å². The van der Waals surface area contributed by atoms with E-state index in [9.17, 15) is 9.59 Å². The fourth-order valence-electron chi connectivity index (χ4n) is 2.25. The number of rotatable bonds is 6. The van der Waals surface area contributed by atoms with E-state index in [-0.39, 0.29) is 24.3 Å². The minimum Gasteiger partial charge on any atom is -0.349 e. The van der Waals surface area contributed by atoms with Crippen molar-refractivity contribution in [1.82, 2.24) is 10.2 Å². The van der Waals surface area contributed by atoms with E-state index in [4.69, 9.17) is 11.6 Å². The first-order chi connectivity index (χ1) is 11.0. The molecule has 0 aliphatic carbocycles. The van der Waals surface area contributed by atoms with E-state index in [1.54, 1.807) is 35.4 Å². The lowest BCUT2D eigenvalue weighted by molar-refractivity contribution is -0.131. The highest BCUT2D eigenvalue weighted by atomic mass is 35.5. The lowest BCUT2D eigenvalue weighted by Gasteiger charge is -2.22. The predicted octanol–water partition coefficient (Wildman–Crippen LogP) is 3.63. The summed E-state index contributed by atoms with van der Waals surface area (Å²) in [5, 5.41) is 5.44. The quantitative estimate of drug-likeness (QED) is 0.864. The fourth-order valence-corrected chi connectivity index (χ4v) is 3.13. The van der Waals surface area contributed by atoms with E-state index in [0.717, 1.165) is 10.4 Å². The van der Waals surface area contributed by atoms with Crippen LogP contribution in [0.15, 0.2) is 41.8 Å². The van der Waals surface area contributed by atoms with E-state index in [1.165, 1.54) is 6.92 Å². The summed E-state index contributed by atoms with van der Waals surface area (Å²) >= 11 is 7.51. The smallest absolute Gasteiger partial charge is 0.225 e. The minimum absolute atomic E-state index is 0.0212. The molecule has 0 bridgehead atoms. The van der Waals surface area contributed by atoms with Gasteiger partial charge in [-0.2, -0.15) is 0 Å². The molecule has 2 aromatic rings. The molecule has 0 aliphatic rings. The van der Waals surface area contributed by atoms with Crippen molar-refractivity contribution in [3.63, 3.8) is 0 Å². The second kappa shape index (κ2) is 8.13. The van der Waals surface area contributed by atoms with Crippen LogP contribution in [0.4, 0.5) is 0 Å². The third-order valence-corrected chi connectivity index (χ3v) is 4.54. The highest BCUT2D eigenvalue weighted by Crippen LogP contribution is 2.21. The van der Waals surface area contributed by atoms with Gasteiger partial charge in [0.2, 0.25) is 11.8 Å². The Balaban J connectivity index is 2.05. The van der Waals surface area contributed by atoms with Crippen LogP contribution in [0.2, 0.25) is 5.02 Å². The van der Waals surface area contributed by atoms with Crippen molar-refractivity contribution in [2.45, 2.75) is 25.9 Å². The second-order valence-electron chi connectivity index (χ2n) is 5.34. The zero-order valence-electron chi connectivity index (χ0n) is 13.1. The van der Waals surface area contributed by atoms with Gasteiger partial charge in [-0.25, -0.2) is 0 Å². The van der Waals surface area contributed by atoms with Crippen LogP contribution in [-0.2, 0) is 16.1 Å². The molecule has 1 aromatic carbocycles. The first-order valence-electron chi connectivity index (χ1n) is 7.24. The number of hydrogen-bond acceptors (Lipinski definition) is 3. The summed E-state index contributed by atoms with van der Waals surface area (Å²) in [6.45, 7) is 2.02. The average Bonchev–Trinajstić information content (AvgIpc) is 2.99. The SMILES string of the molecule is CC(=O)N[C@H](CC(=O)N(C)Cc1cccs1)c1ccc(Cl)cc1. The van der Waals surface area contributed by atoms with Crippen molar-refractivity contribution in [3.05, 3.63) is 57.2 Å². The number of halogens is 1. The van der Waals surface area contributed by atoms with Gasteiger partial charge in [-0.15, -0.1) is 11.3 Å². The molecular weight excluding hydrogens is 332 g/mol. The van der Waals surface area contributed by atoms with Crippen molar-refractivity contribution >= 4 is 34.8 Å². The number of hydrogen-bond donors (Lipinski definition) is 1. The van der Waals surface area contributed by atoms with E-state index in [2.05, 4.69) is 5.32 Å². The van der Waals surface area contributed by atoms with E-state index >= 15 is 0 Å². The third-order valence-electron chi connectivity index (χ3n) is 3.43. The maximum atomic E-state index is 12.5. The predicted molar refractivity (Wildman–Crippen MR) is 93.4 cm³/mol. The van der Waals surface area contributed by atoms with Gasteiger partial charge in [0.05, 0.1) is 19.0 Å². The van der Waals surface area contributed by atoms with Gasteiger partial charge in [0, 0.05) is 23.9 Å². The van der Waals surface area contributed by atoms with Gasteiger partial charge in [-0.1, -0.05) is 29.8 Å². The Labute approximate surface area is 145 Å². The molecule has 2 rings (SSSR count). The molecule has 2 amide bonds. The molecule has 0 saturated heterocycles. The Kier molecular flexibility index (Phi) is 6.19. The van der Waals surface area contributed by atoms with E-state index in [1.807, 2.05) is 29.6 Å². The highest BCUT2D eigenvalue weighted by molar-refractivity contribution is 7.09. The Morgan fingerprint density at radius 3 is 2.52 bits per heavy atom. The van der Waals surface area contributed by atoms with Crippen molar-refractivity contribution < 1.29 is 9.59 Å². The van der Waals surface area contributed by atoms with Crippen molar-refractivity contribution in [3.8, 4) is 0 Å². The summed E-state index contributed by atoms with van der Waals surface area (Å²) in [5.74, 6) is -0.189. The lowest BCUT2D eigenvalue weighted by Crippen LogP contribution is -2.33. The van der Waals surface area contributed by atoms with Crippen LogP contribution in [-0.4, -0.2) is 23.8 Å². The number of thiophene rings is 1. The lowest BCUT2D eigenvalue weighted by atomic mass is 10.0. The molecule has 6 heteroatoms. The molecule has 0 spiro atoms. The van der Waals surface area contributed by atoms with Gasteiger partial charge in [-0.05, 0) is 29.1 Å². The van der Waals surface area contributed by atoms with E-state index < -0.39 is 0 Å². The number of amides is 2. The summed E-state index contributed by atoms with van der Waals surface area (Å²) in [6, 6.07) is 10.8. The molecule has 1 N–H and O–H groups in total. The largest absolute Gasteiger partial charge is 0.349 e. The number of benzene rings is 1. The maximum absolute atomic E-state index is 12.5. The molecule has 0 saturated carbocycles. The molecule has 1 aromatic heterocycles. The standard InChI is InChI=1S/C17H19ClN2O2S/c1-12(21)19-16(13-5-7-14(18)8-6-13)10-17(22)20(2)11-15-4-3-9-23-15/h3-9,16H,10-11H2,1-2H3,(H,19,21)/t16-/m1/s1. The van der Waals surface area contributed by atoms with Crippen LogP contribution >= 0.6 is 22.9 Å². The molecule has 0 fully saturated rings. The first-order valence-corrected chi connectivity index (χ1v) is 8.50. The molecule has 23 heavy (non-hydrogen) atoms. The van der Waals surface area contributed by atoms with Crippen LogP contribution in [0.25, 0.3) is 0 Å². The molecule has 1 heterocycles. The van der Waals surface area contributed by atoms with Crippen molar-refractivity contribution in [1.29, 1.82) is 0 Å². The molecule has 0 unspecified atom stereocenters. The molecule has 1 atom stereocenters. The number of carbonyl (C=O) groups excluding carboxylic acids is 2. The first kappa shape index (κ1) is 17.5. The van der Waals surface area contributed by atoms with Gasteiger partial charge in [0.15, 0.2) is 0 Å². The molecule has 4 nitrogen and oxygen atoms in total. The second-order valence-corrected chi connectivity index (χ2v) is 6.81. The number of nitrogens with one attached hydrogen (secondary N) is 1. The fraction of sp³-hybridized carbons (Fsp3) is 0.294. The number of nitrogens with zero attached hydrogens (tertiary/aromatic N) is 1. The summed E-state index contributed by atoms with van der Waals surface area (Å²) in [7, 11) is 1.77. The maximum Gasteiger partial charge on any atom is 0.225 e. The van der Waals surface area contributed by atoms with Crippen molar-refractivity contribution in [2.24, 2.45) is 0 Å². The van der Waals surface area contributed by atoms with Gasteiger partial charge < -0.3 is 10.2 Å². The van der Waals surface area contributed by atoms with Crippen LogP contribution in [0.5, 0.6) is 0 Å². The molecular formula is C17H19ClN2O2S. The van der Waals surface area contributed by atoms with Gasteiger partial charge in [-0.3, -0.25) is 9.59 Å². The third kappa shape index (κ3) is 5.37.